The number of nitrogens with zero attached hydrogens (tertiary/aromatic N) is 3. The van der Waals surface area contributed by atoms with Crippen LogP contribution in [0.15, 0.2) is 47.3 Å². The lowest BCUT2D eigenvalue weighted by Crippen LogP contribution is -2.19. The summed E-state index contributed by atoms with van der Waals surface area (Å²) in [7, 11) is -3.75. The molecule has 1 aliphatic rings. The van der Waals surface area contributed by atoms with Crippen molar-refractivity contribution in [3.05, 3.63) is 69.9 Å². The molecule has 1 saturated carbocycles. The number of imidazole rings is 1. The Hall–Kier alpha value is -3.75. The second-order valence-corrected chi connectivity index (χ2v) is 12.5. The van der Waals surface area contributed by atoms with Crippen molar-refractivity contribution in [2.24, 2.45) is 0 Å². The Morgan fingerprint density at radius 3 is 2.54 bits per heavy atom. The van der Waals surface area contributed by atoms with Crippen LogP contribution >= 0.6 is 0 Å². The van der Waals surface area contributed by atoms with Gasteiger partial charge in [-0.25, -0.2) is 22.1 Å². The normalized spacial score (nSPS) is 14.8. The Labute approximate surface area is 240 Å². The number of anilines is 2. The zero-order valence-electron chi connectivity index (χ0n) is 22.7. The largest absolute Gasteiger partial charge is 0.493 e. The molecule has 2 aromatic carbocycles. The van der Waals surface area contributed by atoms with E-state index in [1.54, 1.807) is 53.9 Å². The van der Waals surface area contributed by atoms with Gasteiger partial charge in [0, 0.05) is 17.3 Å². The fourth-order valence-electron chi connectivity index (χ4n) is 5.15. The van der Waals surface area contributed by atoms with Crippen molar-refractivity contribution in [3.63, 3.8) is 0 Å². The average molecular weight is 601 g/mol. The van der Waals surface area contributed by atoms with E-state index in [2.05, 4.69) is 19.4 Å². The summed E-state index contributed by atoms with van der Waals surface area (Å²) in [5.41, 5.74) is 2.63. The minimum absolute atomic E-state index is 0.186. The molecule has 12 nitrogen and oxygen atoms in total. The van der Waals surface area contributed by atoms with E-state index < -0.39 is 21.3 Å². The summed E-state index contributed by atoms with van der Waals surface area (Å²) in [4.78, 5) is 20.7. The minimum Gasteiger partial charge on any atom is -0.493 e. The lowest BCUT2D eigenvalue weighted by Gasteiger charge is -2.14. The van der Waals surface area contributed by atoms with Crippen LogP contribution in [0.4, 0.5) is 11.4 Å². The number of fused-ring (bicyclic) bond motifs is 1. The number of aromatic nitrogens is 4. The van der Waals surface area contributed by atoms with Crippen LogP contribution in [0, 0.1) is 6.92 Å². The van der Waals surface area contributed by atoms with Gasteiger partial charge in [0.1, 0.15) is 11.6 Å². The summed E-state index contributed by atoms with van der Waals surface area (Å²) < 4.78 is 58.1. The maximum absolute atomic E-state index is 13.2. The van der Waals surface area contributed by atoms with Crippen LogP contribution in [0.2, 0.25) is 0 Å². The molecule has 0 bridgehead atoms. The number of aromatic amines is 1. The molecule has 0 radical (unpaired) electrons. The van der Waals surface area contributed by atoms with Gasteiger partial charge in [0.15, 0.2) is 11.3 Å². The van der Waals surface area contributed by atoms with Crippen molar-refractivity contribution in [3.8, 4) is 17.1 Å². The second-order valence-electron chi connectivity index (χ2n) is 9.96. The van der Waals surface area contributed by atoms with Crippen LogP contribution in [-0.4, -0.2) is 49.1 Å². The highest BCUT2D eigenvalue weighted by Crippen LogP contribution is 2.35. The lowest BCUT2D eigenvalue weighted by molar-refractivity contribution is 0.341. The molecule has 4 aromatic rings. The molecule has 1 atom stereocenters. The molecule has 5 rings (SSSR count). The minimum atomic E-state index is -3.75. The number of sulfonamides is 1. The number of H-pyrrole nitrogens is 1. The van der Waals surface area contributed by atoms with E-state index in [1.807, 2.05) is 6.92 Å². The number of aryl methyl sites for hydroxylation is 2. The number of ether oxygens (including phenoxy) is 1. The Morgan fingerprint density at radius 2 is 1.85 bits per heavy atom. The standard InChI is InChI=1S/C27H32N6O6S2/c1-3-39-23-13-12-21(32-41(37,38)15-14-18-8-10-20(11-9-18)31-40(35)36)16-22(23)25-29-27(34)24-17(2)28-26(33(24)30-25)19-6-4-5-7-19/h8-13,16,19,31-32H,3-7,14-15H2,1-2H3,(H,35,36)(H,29,30,34). The molecule has 218 valence electrons. The third-order valence-corrected chi connectivity index (χ3v) is 8.75. The van der Waals surface area contributed by atoms with Crippen molar-refractivity contribution in [2.75, 3.05) is 21.8 Å². The van der Waals surface area contributed by atoms with Gasteiger partial charge in [0.05, 0.1) is 23.6 Å². The van der Waals surface area contributed by atoms with Crippen molar-refractivity contribution in [1.29, 1.82) is 0 Å². The summed E-state index contributed by atoms with van der Waals surface area (Å²) in [5, 5.41) is 4.75. The van der Waals surface area contributed by atoms with Gasteiger partial charge in [-0.05, 0) is 69.0 Å². The molecular weight excluding hydrogens is 568 g/mol. The molecule has 14 heteroatoms. The molecule has 0 amide bonds. The zero-order chi connectivity index (χ0) is 29.1. The number of benzene rings is 2. The third kappa shape index (κ3) is 6.60. The first-order valence-electron chi connectivity index (χ1n) is 13.4. The summed E-state index contributed by atoms with van der Waals surface area (Å²) in [6.45, 7) is 4.00. The van der Waals surface area contributed by atoms with Crippen LogP contribution in [0.3, 0.4) is 0 Å². The summed E-state index contributed by atoms with van der Waals surface area (Å²) in [5.74, 6) is 1.52. The lowest BCUT2D eigenvalue weighted by atomic mass is 10.1. The topological polar surface area (TPSA) is 168 Å². The molecule has 1 unspecified atom stereocenters. The number of hydrogen-bond acceptors (Lipinski definition) is 7. The van der Waals surface area contributed by atoms with Gasteiger partial charge in [0.25, 0.3) is 16.8 Å². The molecule has 0 saturated heterocycles. The number of hydrogen-bond donors (Lipinski definition) is 4. The van der Waals surface area contributed by atoms with E-state index in [-0.39, 0.29) is 29.5 Å². The van der Waals surface area contributed by atoms with E-state index in [9.17, 15) is 17.4 Å². The fraction of sp³-hybridized carbons (Fsp3) is 0.370. The monoisotopic (exact) mass is 600 g/mol. The van der Waals surface area contributed by atoms with Crippen LogP contribution in [-0.2, 0) is 27.7 Å². The average Bonchev–Trinajstić information content (AvgIpc) is 3.57. The van der Waals surface area contributed by atoms with Gasteiger partial charge in [-0.2, -0.15) is 0 Å². The van der Waals surface area contributed by atoms with E-state index in [1.165, 1.54) is 0 Å². The SMILES string of the molecule is CCOc1ccc(NS(=O)(=O)CCc2ccc(NS(=O)O)cc2)cc1-c1nn2c(C3CCCC3)nc(C)c2c(=O)[nH]1. The van der Waals surface area contributed by atoms with E-state index in [0.29, 0.717) is 40.5 Å². The van der Waals surface area contributed by atoms with Crippen LogP contribution < -0.4 is 19.7 Å². The summed E-state index contributed by atoms with van der Waals surface area (Å²) in [6.07, 6.45) is 4.44. The maximum Gasteiger partial charge on any atom is 0.277 e. The fourth-order valence-corrected chi connectivity index (χ4v) is 6.58. The predicted octanol–water partition coefficient (Wildman–Crippen LogP) is 3.98. The first-order chi connectivity index (χ1) is 19.6. The predicted molar refractivity (Wildman–Crippen MR) is 158 cm³/mol. The molecule has 41 heavy (non-hydrogen) atoms. The highest BCUT2D eigenvalue weighted by atomic mass is 32.2. The Balaban J connectivity index is 1.42. The van der Waals surface area contributed by atoms with Gasteiger partial charge in [0.2, 0.25) is 10.0 Å². The maximum atomic E-state index is 13.2. The molecule has 0 spiro atoms. The van der Waals surface area contributed by atoms with Gasteiger partial charge in [-0.15, -0.1) is 5.10 Å². The smallest absolute Gasteiger partial charge is 0.277 e. The number of nitrogens with one attached hydrogen (secondary N) is 3. The van der Waals surface area contributed by atoms with Gasteiger partial charge >= 0.3 is 0 Å². The molecule has 0 aliphatic heterocycles. The van der Waals surface area contributed by atoms with E-state index >= 15 is 0 Å². The quantitative estimate of drug-likeness (QED) is 0.188. The van der Waals surface area contributed by atoms with Crippen LogP contribution in [0.1, 0.15) is 55.6 Å². The second kappa shape index (κ2) is 12.0. The van der Waals surface area contributed by atoms with Crippen molar-refractivity contribution >= 4 is 38.2 Å². The van der Waals surface area contributed by atoms with Gasteiger partial charge < -0.3 is 9.72 Å². The summed E-state index contributed by atoms with van der Waals surface area (Å²) >= 11 is -2.19. The highest BCUT2D eigenvalue weighted by molar-refractivity contribution is 7.92. The first kappa shape index (κ1) is 28.8. The van der Waals surface area contributed by atoms with Crippen LogP contribution in [0.25, 0.3) is 16.9 Å². The van der Waals surface area contributed by atoms with Gasteiger partial charge in [-0.3, -0.25) is 18.8 Å². The molecule has 4 N–H and O–H groups in total. The molecule has 1 fully saturated rings. The molecule has 2 heterocycles. The Morgan fingerprint density at radius 1 is 1.15 bits per heavy atom. The van der Waals surface area contributed by atoms with E-state index in [4.69, 9.17) is 14.4 Å². The molecular formula is C27H32N6O6S2. The Kier molecular flexibility index (Phi) is 8.42. The zero-order valence-corrected chi connectivity index (χ0v) is 24.3. The third-order valence-electron chi connectivity index (χ3n) is 7.05. The number of rotatable bonds is 11. The molecule has 2 aromatic heterocycles. The summed E-state index contributed by atoms with van der Waals surface area (Å²) in [6, 6.07) is 11.4. The van der Waals surface area contributed by atoms with Crippen molar-refractivity contribution in [1.82, 2.24) is 19.6 Å². The molecule has 1 aliphatic carbocycles. The van der Waals surface area contributed by atoms with Crippen LogP contribution in [0.5, 0.6) is 5.75 Å². The highest BCUT2D eigenvalue weighted by Gasteiger charge is 2.25. The Bertz CT molecular complexity index is 1740. The van der Waals surface area contributed by atoms with Crippen molar-refractivity contribution < 1.29 is 21.9 Å². The van der Waals surface area contributed by atoms with E-state index in [0.717, 1.165) is 37.1 Å². The first-order valence-corrected chi connectivity index (χ1v) is 16.1. The van der Waals surface area contributed by atoms with Crippen molar-refractivity contribution in [2.45, 2.75) is 51.9 Å². The van der Waals surface area contributed by atoms with Gasteiger partial charge in [-0.1, -0.05) is 25.0 Å².